The van der Waals surface area contributed by atoms with E-state index >= 15 is 0 Å². The second-order valence-electron chi connectivity index (χ2n) is 10.1. The highest BCUT2D eigenvalue weighted by molar-refractivity contribution is 7.92. The van der Waals surface area contributed by atoms with E-state index in [4.69, 9.17) is 4.74 Å². The Kier molecular flexibility index (Phi) is 5.05. The van der Waals surface area contributed by atoms with Gasteiger partial charge in [-0.05, 0) is 47.8 Å². The van der Waals surface area contributed by atoms with Crippen LogP contribution < -0.4 is 4.72 Å². The van der Waals surface area contributed by atoms with Crippen molar-refractivity contribution < 1.29 is 17.9 Å². The van der Waals surface area contributed by atoms with Crippen LogP contribution in [0, 0.1) is 22.7 Å². The number of carbonyl (C=O) groups is 1. The van der Waals surface area contributed by atoms with Crippen molar-refractivity contribution in [2.45, 2.75) is 47.1 Å². The van der Waals surface area contributed by atoms with Crippen LogP contribution in [0.4, 0.5) is 5.69 Å². The molecular formula is C23H32N2O4S. The van der Waals surface area contributed by atoms with Crippen LogP contribution >= 0.6 is 0 Å². The zero-order valence-electron chi connectivity index (χ0n) is 18.5. The van der Waals surface area contributed by atoms with E-state index in [1.54, 1.807) is 12.1 Å². The van der Waals surface area contributed by atoms with Gasteiger partial charge in [0.05, 0.1) is 6.26 Å². The van der Waals surface area contributed by atoms with E-state index in [-0.39, 0.29) is 22.5 Å². The fourth-order valence-electron chi connectivity index (χ4n) is 5.14. The predicted octanol–water partition coefficient (Wildman–Crippen LogP) is 4.30. The van der Waals surface area contributed by atoms with Crippen LogP contribution in [0.25, 0.3) is 10.9 Å². The Labute approximate surface area is 179 Å². The molecule has 30 heavy (non-hydrogen) atoms. The first-order valence-corrected chi connectivity index (χ1v) is 12.5. The minimum Gasteiger partial charge on any atom is -0.381 e. The van der Waals surface area contributed by atoms with Gasteiger partial charge in [-0.25, -0.2) is 8.42 Å². The van der Waals surface area contributed by atoms with Gasteiger partial charge in [-0.3, -0.25) is 9.52 Å². The highest BCUT2D eigenvalue weighted by atomic mass is 32.2. The summed E-state index contributed by atoms with van der Waals surface area (Å²) in [6.07, 6.45) is 5.14. The zero-order chi connectivity index (χ0) is 21.9. The molecule has 0 unspecified atom stereocenters. The Hall–Kier alpha value is -1.86. The molecule has 2 fully saturated rings. The summed E-state index contributed by atoms with van der Waals surface area (Å²) in [7, 11) is -3.39. The summed E-state index contributed by atoms with van der Waals surface area (Å²) >= 11 is 0. The minimum absolute atomic E-state index is 0.0429. The standard InChI is InChI=1S/C23H32N2O4S/c1-22(2)21(23(22,3)4)20(26)18-14-25(13-15-8-10-29-11-9-15)19-7-6-16(12-17(18)19)24-30(5,27)28/h6-7,12,14-15,21,24H,8-11,13H2,1-5H3. The molecule has 0 radical (unpaired) electrons. The van der Waals surface area contributed by atoms with Gasteiger partial charge < -0.3 is 9.30 Å². The predicted molar refractivity (Wildman–Crippen MR) is 119 cm³/mol. The molecular weight excluding hydrogens is 400 g/mol. The van der Waals surface area contributed by atoms with Crippen molar-refractivity contribution in [2.24, 2.45) is 22.7 Å². The Morgan fingerprint density at radius 2 is 1.80 bits per heavy atom. The van der Waals surface area contributed by atoms with Crippen molar-refractivity contribution in [3.63, 3.8) is 0 Å². The third-order valence-corrected chi connectivity index (χ3v) is 8.13. The molecule has 0 atom stereocenters. The smallest absolute Gasteiger partial charge is 0.229 e. The molecule has 2 aliphatic rings. The molecule has 1 saturated heterocycles. The van der Waals surface area contributed by atoms with Crippen molar-refractivity contribution in [3.05, 3.63) is 30.0 Å². The number of hydrogen-bond acceptors (Lipinski definition) is 4. The molecule has 1 aliphatic carbocycles. The number of sulfonamides is 1. The molecule has 0 spiro atoms. The van der Waals surface area contributed by atoms with E-state index in [0.717, 1.165) is 49.8 Å². The molecule has 7 heteroatoms. The summed E-state index contributed by atoms with van der Waals surface area (Å²) in [6, 6.07) is 5.48. The number of fused-ring (bicyclic) bond motifs is 1. The van der Waals surface area contributed by atoms with Crippen molar-refractivity contribution in [1.29, 1.82) is 0 Å². The normalized spacial score (nSPS) is 21.6. The average molecular weight is 433 g/mol. The molecule has 1 aromatic heterocycles. The molecule has 1 aromatic carbocycles. The maximum atomic E-state index is 13.6. The van der Waals surface area contributed by atoms with Gasteiger partial charge >= 0.3 is 0 Å². The second kappa shape index (κ2) is 7.09. The lowest BCUT2D eigenvalue weighted by molar-refractivity contribution is 0.0616. The zero-order valence-corrected chi connectivity index (χ0v) is 19.3. The van der Waals surface area contributed by atoms with E-state index in [9.17, 15) is 13.2 Å². The van der Waals surface area contributed by atoms with Crippen molar-refractivity contribution >= 4 is 32.4 Å². The Bertz CT molecular complexity index is 1080. The van der Waals surface area contributed by atoms with Gasteiger partial charge in [0.15, 0.2) is 5.78 Å². The highest BCUT2D eigenvalue weighted by Gasteiger charge is 2.68. The van der Waals surface area contributed by atoms with Crippen molar-refractivity contribution in [2.75, 3.05) is 24.2 Å². The number of carbonyl (C=O) groups excluding carboxylic acids is 1. The van der Waals surface area contributed by atoms with E-state index in [2.05, 4.69) is 37.0 Å². The number of nitrogens with one attached hydrogen (secondary N) is 1. The van der Waals surface area contributed by atoms with Gasteiger partial charge in [0, 0.05) is 54.0 Å². The van der Waals surface area contributed by atoms with Crippen LogP contribution in [0.1, 0.15) is 50.9 Å². The van der Waals surface area contributed by atoms with E-state index in [1.807, 2.05) is 12.3 Å². The topological polar surface area (TPSA) is 77.4 Å². The summed E-state index contributed by atoms with van der Waals surface area (Å²) in [5.74, 6) is 0.621. The third kappa shape index (κ3) is 3.66. The molecule has 2 heterocycles. The molecule has 6 nitrogen and oxygen atoms in total. The number of ether oxygens (including phenoxy) is 1. The summed E-state index contributed by atoms with van der Waals surface area (Å²) in [6.45, 7) is 11.0. The Morgan fingerprint density at radius 1 is 1.17 bits per heavy atom. The van der Waals surface area contributed by atoms with Crippen LogP contribution in [0.5, 0.6) is 0 Å². The molecule has 1 N–H and O–H groups in total. The maximum Gasteiger partial charge on any atom is 0.229 e. The SMILES string of the molecule is CC1(C)C(C(=O)c2cn(CC3CCOCC3)c3ccc(NS(C)(=O)=O)cc23)C1(C)C. The number of anilines is 1. The molecule has 0 bridgehead atoms. The van der Waals surface area contributed by atoms with E-state index in [0.29, 0.717) is 17.2 Å². The second-order valence-corrected chi connectivity index (χ2v) is 11.8. The van der Waals surface area contributed by atoms with Gasteiger partial charge in [-0.1, -0.05) is 27.7 Å². The number of benzene rings is 1. The maximum absolute atomic E-state index is 13.6. The lowest BCUT2D eigenvalue weighted by atomic mass is 10.0. The number of hydrogen-bond donors (Lipinski definition) is 1. The summed E-state index contributed by atoms with van der Waals surface area (Å²) < 4.78 is 33.6. The first-order chi connectivity index (χ1) is 13.9. The number of rotatable bonds is 6. The number of ketones is 1. The molecule has 0 amide bonds. The fourth-order valence-corrected chi connectivity index (χ4v) is 5.69. The third-order valence-electron chi connectivity index (χ3n) is 7.53. The largest absolute Gasteiger partial charge is 0.381 e. The summed E-state index contributed by atoms with van der Waals surface area (Å²) in [5.41, 5.74) is 2.04. The average Bonchev–Trinajstić information content (AvgIpc) is 2.90. The number of Topliss-reactive ketones (excluding diaryl/α,β-unsaturated/α-hetero) is 1. The lowest BCUT2D eigenvalue weighted by Gasteiger charge is -2.22. The van der Waals surface area contributed by atoms with Gasteiger partial charge in [-0.15, -0.1) is 0 Å². The minimum atomic E-state index is -3.39. The lowest BCUT2D eigenvalue weighted by Crippen LogP contribution is -2.20. The van der Waals surface area contributed by atoms with Gasteiger partial charge in [0.1, 0.15) is 0 Å². The molecule has 1 saturated carbocycles. The first kappa shape index (κ1) is 21.4. The van der Waals surface area contributed by atoms with Crippen LogP contribution in [0.2, 0.25) is 0 Å². The summed E-state index contributed by atoms with van der Waals surface area (Å²) in [5, 5.41) is 0.819. The molecule has 164 valence electrons. The monoisotopic (exact) mass is 432 g/mol. The van der Waals surface area contributed by atoms with E-state index in [1.165, 1.54) is 0 Å². The van der Waals surface area contributed by atoms with Gasteiger partial charge in [-0.2, -0.15) is 0 Å². The Balaban J connectivity index is 1.76. The quantitative estimate of drug-likeness (QED) is 0.690. The fraction of sp³-hybridized carbons (Fsp3) is 0.609. The first-order valence-electron chi connectivity index (χ1n) is 10.6. The van der Waals surface area contributed by atoms with Crippen LogP contribution in [-0.2, 0) is 21.3 Å². The summed E-state index contributed by atoms with van der Waals surface area (Å²) in [4.78, 5) is 13.6. The van der Waals surface area contributed by atoms with E-state index < -0.39 is 10.0 Å². The molecule has 1 aliphatic heterocycles. The highest BCUT2D eigenvalue weighted by Crippen LogP contribution is 2.69. The van der Waals surface area contributed by atoms with Crippen LogP contribution in [0.15, 0.2) is 24.4 Å². The Morgan fingerprint density at radius 3 is 2.37 bits per heavy atom. The molecule has 2 aromatic rings. The number of aromatic nitrogens is 1. The van der Waals surface area contributed by atoms with Gasteiger partial charge in [0.25, 0.3) is 0 Å². The van der Waals surface area contributed by atoms with Crippen molar-refractivity contribution in [1.82, 2.24) is 4.57 Å². The molecule has 4 rings (SSSR count). The van der Waals surface area contributed by atoms with Crippen molar-refractivity contribution in [3.8, 4) is 0 Å². The van der Waals surface area contributed by atoms with Crippen LogP contribution in [0.3, 0.4) is 0 Å². The van der Waals surface area contributed by atoms with Crippen LogP contribution in [-0.4, -0.2) is 38.2 Å². The van der Waals surface area contributed by atoms with Gasteiger partial charge in [0.2, 0.25) is 10.0 Å². The number of nitrogens with zero attached hydrogens (tertiary/aromatic N) is 1.